The molecule has 3 aromatic rings. The summed E-state index contributed by atoms with van der Waals surface area (Å²) in [6.07, 6.45) is 5.46. The number of benzene rings is 2. The van der Waals surface area contributed by atoms with Gasteiger partial charge in [0.25, 0.3) is 5.91 Å². The van der Waals surface area contributed by atoms with Crippen molar-refractivity contribution in [3.63, 3.8) is 0 Å². The molecule has 1 aromatic heterocycles. The summed E-state index contributed by atoms with van der Waals surface area (Å²) in [5.74, 6) is -0.0188. The highest BCUT2D eigenvalue weighted by molar-refractivity contribution is 6.00. The van der Waals surface area contributed by atoms with Gasteiger partial charge in [0.1, 0.15) is 6.04 Å². The first-order valence-corrected chi connectivity index (χ1v) is 11.4. The minimum Gasteiger partial charge on any atom is -0.367 e. The van der Waals surface area contributed by atoms with E-state index in [1.54, 1.807) is 0 Å². The minimum atomic E-state index is -0.548. The van der Waals surface area contributed by atoms with E-state index in [-0.39, 0.29) is 23.8 Å². The first-order valence-electron chi connectivity index (χ1n) is 11.4. The fourth-order valence-electron chi connectivity index (χ4n) is 4.39. The Bertz CT molecular complexity index is 1060. The van der Waals surface area contributed by atoms with Gasteiger partial charge in [-0.25, -0.2) is 0 Å². The van der Waals surface area contributed by atoms with Crippen molar-refractivity contribution >= 4 is 22.6 Å². The maximum Gasteiger partial charge on any atom is 0.251 e. The summed E-state index contributed by atoms with van der Waals surface area (Å²) in [7, 11) is 0. The predicted octanol–water partition coefficient (Wildman–Crippen LogP) is 3.70. The van der Waals surface area contributed by atoms with Gasteiger partial charge in [-0.15, -0.1) is 0 Å². The molecule has 2 heterocycles. The molecule has 2 aromatic carbocycles. The third kappa shape index (κ3) is 5.56. The number of carbonyl (C=O) groups excluding carboxylic acids is 2. The average molecular weight is 433 g/mol. The van der Waals surface area contributed by atoms with Crippen molar-refractivity contribution < 1.29 is 9.59 Å². The van der Waals surface area contributed by atoms with Crippen LogP contribution in [0.2, 0.25) is 0 Å². The van der Waals surface area contributed by atoms with Gasteiger partial charge in [0, 0.05) is 43.6 Å². The second-order valence-corrected chi connectivity index (χ2v) is 9.17. The normalized spacial score (nSPS) is 17.5. The fraction of sp³-hybridized carbons (Fsp3) is 0.385. The lowest BCUT2D eigenvalue weighted by Gasteiger charge is -2.23. The second-order valence-electron chi connectivity index (χ2n) is 9.17. The average Bonchev–Trinajstić information content (AvgIpc) is 3.45. The quantitative estimate of drug-likeness (QED) is 0.508. The summed E-state index contributed by atoms with van der Waals surface area (Å²) in [6.45, 7) is 6.79. The molecule has 0 spiro atoms. The van der Waals surface area contributed by atoms with Crippen molar-refractivity contribution in [3.8, 4) is 0 Å². The van der Waals surface area contributed by atoms with Gasteiger partial charge in [0.05, 0.1) is 0 Å². The molecule has 4 rings (SSSR count). The number of nitrogens with one attached hydrogen (secondary N) is 3. The lowest BCUT2D eigenvalue weighted by atomic mass is 10.0. The Morgan fingerprint density at radius 1 is 1.12 bits per heavy atom. The van der Waals surface area contributed by atoms with Crippen LogP contribution in [-0.2, 0) is 11.3 Å². The Morgan fingerprint density at radius 3 is 2.69 bits per heavy atom. The summed E-state index contributed by atoms with van der Waals surface area (Å²) in [6, 6.07) is 15.2. The van der Waals surface area contributed by atoms with Crippen molar-refractivity contribution in [2.75, 3.05) is 13.1 Å². The van der Waals surface area contributed by atoms with Crippen molar-refractivity contribution in [1.82, 2.24) is 20.5 Å². The maximum atomic E-state index is 13.1. The molecule has 0 saturated carbocycles. The van der Waals surface area contributed by atoms with Crippen molar-refractivity contribution in [2.24, 2.45) is 5.92 Å². The number of aromatic nitrogens is 1. The topological polar surface area (TPSA) is 77.2 Å². The van der Waals surface area contributed by atoms with Crippen molar-refractivity contribution in [1.29, 1.82) is 0 Å². The summed E-state index contributed by atoms with van der Waals surface area (Å²) in [5, 5.41) is 8.26. The fourth-order valence-corrected chi connectivity index (χ4v) is 4.39. The van der Waals surface area contributed by atoms with Crippen LogP contribution in [-0.4, -0.2) is 46.9 Å². The monoisotopic (exact) mass is 432 g/mol. The van der Waals surface area contributed by atoms with E-state index in [0.717, 1.165) is 36.8 Å². The van der Waals surface area contributed by atoms with Gasteiger partial charge in [-0.3, -0.25) is 14.5 Å². The Kier molecular flexibility index (Phi) is 6.90. The molecule has 2 atom stereocenters. The summed E-state index contributed by atoms with van der Waals surface area (Å²) in [4.78, 5) is 31.5. The van der Waals surface area contributed by atoms with E-state index >= 15 is 0 Å². The number of H-pyrrole nitrogens is 1. The van der Waals surface area contributed by atoms with Crippen LogP contribution in [0.25, 0.3) is 10.8 Å². The molecule has 1 saturated heterocycles. The first-order chi connectivity index (χ1) is 15.5. The molecular weight excluding hydrogens is 400 g/mol. The zero-order valence-corrected chi connectivity index (χ0v) is 18.8. The SMILES string of the molecule is CC(C)C[C@H](NC(=O)c1ccc2ccccc2c1)C(=O)N[C@H]1CCN(Cc2cc[nH]c2)C1. The molecule has 1 aliphatic rings. The lowest BCUT2D eigenvalue weighted by molar-refractivity contribution is -0.124. The van der Waals surface area contributed by atoms with E-state index in [0.29, 0.717) is 12.0 Å². The van der Waals surface area contributed by atoms with Crippen LogP contribution < -0.4 is 10.6 Å². The van der Waals surface area contributed by atoms with Gasteiger partial charge in [-0.2, -0.15) is 0 Å². The van der Waals surface area contributed by atoms with Crippen LogP contribution in [0.15, 0.2) is 60.9 Å². The number of carbonyl (C=O) groups is 2. The van der Waals surface area contributed by atoms with Crippen molar-refractivity contribution in [3.05, 3.63) is 72.1 Å². The molecule has 0 radical (unpaired) electrons. The molecule has 0 aliphatic carbocycles. The standard InChI is InChI=1S/C26H32N4O2/c1-18(2)13-24(29-25(31)22-8-7-20-5-3-4-6-21(20)14-22)26(32)28-23-10-12-30(17-23)16-19-9-11-27-15-19/h3-9,11,14-15,18,23-24,27H,10,12-13,16-17H2,1-2H3,(H,28,32)(H,29,31)/t23-,24-/m0/s1. The second kappa shape index (κ2) is 10.0. The molecule has 0 bridgehead atoms. The number of aromatic amines is 1. The molecule has 0 unspecified atom stereocenters. The molecule has 6 heteroatoms. The van der Waals surface area contributed by atoms with E-state index in [9.17, 15) is 9.59 Å². The molecule has 3 N–H and O–H groups in total. The van der Waals surface area contributed by atoms with Gasteiger partial charge < -0.3 is 15.6 Å². The third-order valence-electron chi connectivity index (χ3n) is 6.03. The highest BCUT2D eigenvalue weighted by Crippen LogP contribution is 2.17. The Labute approximate surface area is 189 Å². The molecular formula is C26H32N4O2. The number of nitrogens with zero attached hydrogens (tertiary/aromatic N) is 1. The largest absolute Gasteiger partial charge is 0.367 e. The molecule has 168 valence electrons. The molecule has 2 amide bonds. The minimum absolute atomic E-state index is 0.0960. The maximum absolute atomic E-state index is 13.1. The molecule has 32 heavy (non-hydrogen) atoms. The van der Waals surface area contributed by atoms with Crippen LogP contribution in [0.1, 0.15) is 42.6 Å². The van der Waals surface area contributed by atoms with E-state index < -0.39 is 6.04 Å². The molecule has 1 aliphatic heterocycles. The summed E-state index contributed by atoms with van der Waals surface area (Å²) < 4.78 is 0. The third-order valence-corrected chi connectivity index (χ3v) is 6.03. The van der Waals surface area contributed by atoms with Gasteiger partial charge in [-0.05, 0) is 53.3 Å². The Morgan fingerprint density at radius 2 is 1.94 bits per heavy atom. The van der Waals surface area contributed by atoms with Crippen LogP contribution >= 0.6 is 0 Å². The Hall–Kier alpha value is -3.12. The van der Waals surface area contributed by atoms with Crippen LogP contribution in [0.3, 0.4) is 0 Å². The lowest BCUT2D eigenvalue weighted by Crippen LogP contribution is -2.50. The molecule has 1 fully saturated rings. The van der Waals surface area contributed by atoms with Gasteiger partial charge in [0.15, 0.2) is 0 Å². The highest BCUT2D eigenvalue weighted by Gasteiger charge is 2.28. The Balaban J connectivity index is 1.37. The highest BCUT2D eigenvalue weighted by atomic mass is 16.2. The number of hydrogen-bond acceptors (Lipinski definition) is 3. The smallest absolute Gasteiger partial charge is 0.251 e. The van der Waals surface area contributed by atoms with E-state index in [4.69, 9.17) is 0 Å². The van der Waals surface area contributed by atoms with Crippen molar-refractivity contribution in [2.45, 2.75) is 45.3 Å². The van der Waals surface area contributed by atoms with Gasteiger partial charge in [-0.1, -0.05) is 44.2 Å². The number of hydrogen-bond donors (Lipinski definition) is 3. The van der Waals surface area contributed by atoms with Gasteiger partial charge >= 0.3 is 0 Å². The van der Waals surface area contributed by atoms with Crippen LogP contribution in [0.4, 0.5) is 0 Å². The number of amides is 2. The summed E-state index contributed by atoms with van der Waals surface area (Å²) >= 11 is 0. The van der Waals surface area contributed by atoms with E-state index in [1.165, 1.54) is 5.56 Å². The van der Waals surface area contributed by atoms with Crippen LogP contribution in [0.5, 0.6) is 0 Å². The van der Waals surface area contributed by atoms with Gasteiger partial charge in [0.2, 0.25) is 5.91 Å². The summed E-state index contributed by atoms with van der Waals surface area (Å²) in [5.41, 5.74) is 1.82. The number of fused-ring (bicyclic) bond motifs is 1. The zero-order chi connectivity index (χ0) is 22.5. The zero-order valence-electron chi connectivity index (χ0n) is 18.8. The van der Waals surface area contributed by atoms with E-state index in [1.807, 2.05) is 54.9 Å². The predicted molar refractivity (Wildman–Crippen MR) is 127 cm³/mol. The molecule has 6 nitrogen and oxygen atoms in total. The van der Waals surface area contributed by atoms with E-state index in [2.05, 4.69) is 40.4 Å². The first kappa shape index (κ1) is 22.1. The van der Waals surface area contributed by atoms with Crippen LogP contribution in [0, 0.1) is 5.92 Å². The number of likely N-dealkylation sites (tertiary alicyclic amines) is 1. The number of rotatable bonds is 8.